The molecule has 1 aliphatic rings. The van der Waals surface area contributed by atoms with Crippen molar-refractivity contribution in [2.24, 2.45) is 0 Å². The van der Waals surface area contributed by atoms with Crippen LogP contribution in [0.2, 0.25) is 0 Å². The Kier molecular flexibility index (Phi) is 9.16. The highest BCUT2D eigenvalue weighted by Gasteiger charge is 2.23. The van der Waals surface area contributed by atoms with Crippen LogP contribution in [-0.4, -0.2) is 60.4 Å². The van der Waals surface area contributed by atoms with E-state index in [9.17, 15) is 0 Å². The van der Waals surface area contributed by atoms with E-state index in [-0.39, 0.29) is 0 Å². The lowest BCUT2D eigenvalue weighted by Crippen LogP contribution is -2.43. The van der Waals surface area contributed by atoms with E-state index in [0.717, 1.165) is 30.6 Å². The maximum Gasteiger partial charge on any atom is 0.189 e. The van der Waals surface area contributed by atoms with Crippen molar-refractivity contribution in [2.45, 2.75) is 76.2 Å². The van der Waals surface area contributed by atoms with Gasteiger partial charge < -0.3 is 15.1 Å². The first-order valence-corrected chi connectivity index (χ1v) is 11.3. The Morgan fingerprint density at radius 1 is 1.35 bits per heavy atom. The molecule has 1 aromatic rings. The molecule has 1 saturated heterocycles. The lowest BCUT2D eigenvalue weighted by molar-refractivity contribution is 0.252. The smallest absolute Gasteiger partial charge is 0.189 e. The molecule has 0 saturated carbocycles. The molecule has 2 heterocycles. The van der Waals surface area contributed by atoms with E-state index in [1.807, 2.05) is 12.5 Å². The summed E-state index contributed by atoms with van der Waals surface area (Å²) in [6.07, 6.45) is 11.6. The largest absolute Gasteiger partial charge is 0.356 e. The van der Waals surface area contributed by atoms with Crippen LogP contribution < -0.4 is 10.2 Å². The molecule has 1 aromatic heterocycles. The second-order valence-corrected chi connectivity index (χ2v) is 8.40. The third kappa shape index (κ3) is 6.39. The Balaban J connectivity index is 2.03. The number of thioether (sulfide) groups is 1. The summed E-state index contributed by atoms with van der Waals surface area (Å²) in [4.78, 5) is 14.2. The van der Waals surface area contributed by atoms with Crippen molar-refractivity contribution < 1.29 is 0 Å². The Labute approximate surface area is 164 Å². The van der Waals surface area contributed by atoms with Crippen LogP contribution in [0.3, 0.4) is 0 Å². The topological polar surface area (TPSA) is 44.3 Å². The fraction of sp³-hybridized carbons (Fsp3) is 0.800. The lowest BCUT2D eigenvalue weighted by atomic mass is 10.0. The summed E-state index contributed by atoms with van der Waals surface area (Å²) in [6, 6.07) is 1.10. The molecule has 1 fully saturated rings. The predicted octanol–water partition coefficient (Wildman–Crippen LogP) is 3.79. The second kappa shape index (κ2) is 11.1. The molecule has 0 aliphatic carbocycles. The van der Waals surface area contributed by atoms with Crippen LogP contribution in [0.4, 0.5) is 5.82 Å². The molecule has 6 heteroatoms. The number of aromatic nitrogens is 2. The summed E-state index contributed by atoms with van der Waals surface area (Å²) >= 11 is 1.62. The van der Waals surface area contributed by atoms with E-state index in [0.29, 0.717) is 12.1 Å². The first-order valence-electron chi connectivity index (χ1n) is 10.1. The van der Waals surface area contributed by atoms with Crippen molar-refractivity contribution in [3.63, 3.8) is 0 Å². The summed E-state index contributed by atoms with van der Waals surface area (Å²) in [6.45, 7) is 7.71. The van der Waals surface area contributed by atoms with Gasteiger partial charge in [-0.25, -0.2) is 9.97 Å². The van der Waals surface area contributed by atoms with Crippen molar-refractivity contribution in [1.82, 2.24) is 20.2 Å². The summed E-state index contributed by atoms with van der Waals surface area (Å²) < 4.78 is 0. The van der Waals surface area contributed by atoms with Gasteiger partial charge in [-0.15, -0.1) is 0 Å². The molecular weight excluding hydrogens is 342 g/mol. The Morgan fingerprint density at radius 2 is 2.08 bits per heavy atom. The van der Waals surface area contributed by atoms with E-state index >= 15 is 0 Å². The molecule has 1 aliphatic heterocycles. The average molecular weight is 380 g/mol. The standard InChI is InChI=1S/C20H37N5S/c1-6-7-8-9-16(2)21-14-17-15-22-20(26-5)23-19(17)25(4)18-10-12-24(3)13-11-18/h15-16,18,21H,6-14H2,1-5H3. The van der Waals surface area contributed by atoms with Gasteiger partial charge in [-0.2, -0.15) is 0 Å². The zero-order valence-electron chi connectivity index (χ0n) is 17.3. The third-order valence-electron chi connectivity index (χ3n) is 5.45. The number of nitrogens with one attached hydrogen (secondary N) is 1. The molecule has 0 aromatic carbocycles. The van der Waals surface area contributed by atoms with Crippen LogP contribution in [-0.2, 0) is 6.54 Å². The number of likely N-dealkylation sites (tertiary alicyclic amines) is 1. The second-order valence-electron chi connectivity index (χ2n) is 7.63. The molecule has 1 N–H and O–H groups in total. The van der Waals surface area contributed by atoms with Crippen molar-refractivity contribution >= 4 is 17.6 Å². The highest BCUT2D eigenvalue weighted by Crippen LogP contribution is 2.25. The summed E-state index contributed by atoms with van der Waals surface area (Å²) in [5, 5.41) is 4.54. The number of hydrogen-bond donors (Lipinski definition) is 1. The van der Waals surface area contributed by atoms with Gasteiger partial charge in [0.1, 0.15) is 5.82 Å². The van der Waals surface area contributed by atoms with E-state index in [2.05, 4.69) is 48.0 Å². The quantitative estimate of drug-likeness (QED) is 0.379. The molecule has 1 atom stereocenters. The number of hydrogen-bond acceptors (Lipinski definition) is 6. The van der Waals surface area contributed by atoms with Gasteiger partial charge in [0, 0.05) is 37.4 Å². The molecule has 0 amide bonds. The number of nitrogens with zero attached hydrogens (tertiary/aromatic N) is 4. The maximum absolute atomic E-state index is 4.86. The minimum Gasteiger partial charge on any atom is -0.356 e. The molecule has 0 bridgehead atoms. The van der Waals surface area contributed by atoms with Gasteiger partial charge in [0.25, 0.3) is 0 Å². The van der Waals surface area contributed by atoms with E-state index in [4.69, 9.17) is 4.98 Å². The molecule has 5 nitrogen and oxygen atoms in total. The maximum atomic E-state index is 4.86. The molecule has 2 rings (SSSR count). The molecule has 26 heavy (non-hydrogen) atoms. The Bertz CT molecular complexity index is 531. The van der Waals surface area contributed by atoms with Crippen molar-refractivity contribution in [3.8, 4) is 0 Å². The zero-order chi connectivity index (χ0) is 18.9. The minimum atomic E-state index is 0.531. The third-order valence-corrected chi connectivity index (χ3v) is 6.02. The summed E-state index contributed by atoms with van der Waals surface area (Å²) in [5.74, 6) is 1.10. The zero-order valence-corrected chi connectivity index (χ0v) is 18.1. The van der Waals surface area contributed by atoms with Crippen LogP contribution in [0, 0.1) is 0 Å². The van der Waals surface area contributed by atoms with Gasteiger partial charge >= 0.3 is 0 Å². The fourth-order valence-corrected chi connectivity index (χ4v) is 3.89. The monoisotopic (exact) mass is 379 g/mol. The van der Waals surface area contributed by atoms with Gasteiger partial charge in [-0.3, -0.25) is 0 Å². The Morgan fingerprint density at radius 3 is 2.73 bits per heavy atom. The van der Waals surface area contributed by atoms with Crippen molar-refractivity contribution in [1.29, 1.82) is 0 Å². The predicted molar refractivity (Wildman–Crippen MR) is 113 cm³/mol. The molecule has 148 valence electrons. The van der Waals surface area contributed by atoms with E-state index < -0.39 is 0 Å². The lowest BCUT2D eigenvalue weighted by Gasteiger charge is -2.36. The average Bonchev–Trinajstić information content (AvgIpc) is 2.66. The van der Waals surface area contributed by atoms with E-state index in [1.54, 1.807) is 11.8 Å². The highest BCUT2D eigenvalue weighted by molar-refractivity contribution is 7.98. The number of unbranched alkanes of at least 4 members (excludes halogenated alkanes) is 2. The summed E-state index contributed by atoms with van der Waals surface area (Å²) in [7, 11) is 4.42. The number of anilines is 1. The van der Waals surface area contributed by atoms with Gasteiger partial charge in [0.2, 0.25) is 0 Å². The molecule has 0 spiro atoms. The number of piperidine rings is 1. The van der Waals surface area contributed by atoms with Gasteiger partial charge in [0.05, 0.1) is 0 Å². The van der Waals surface area contributed by atoms with Crippen LogP contribution in [0.25, 0.3) is 0 Å². The van der Waals surface area contributed by atoms with Gasteiger partial charge in [0.15, 0.2) is 5.16 Å². The molecule has 0 radical (unpaired) electrons. The SMILES string of the molecule is CCCCCC(C)NCc1cnc(SC)nc1N(C)C1CCN(C)CC1. The first kappa shape index (κ1) is 21.5. The van der Waals surface area contributed by atoms with Crippen molar-refractivity contribution in [3.05, 3.63) is 11.8 Å². The minimum absolute atomic E-state index is 0.531. The normalized spacial score (nSPS) is 17.4. The van der Waals surface area contributed by atoms with E-state index in [1.165, 1.54) is 44.1 Å². The molecule has 1 unspecified atom stereocenters. The highest BCUT2D eigenvalue weighted by atomic mass is 32.2. The van der Waals surface area contributed by atoms with Crippen molar-refractivity contribution in [2.75, 3.05) is 38.3 Å². The van der Waals surface area contributed by atoms with Crippen LogP contribution in [0.15, 0.2) is 11.4 Å². The Hall–Kier alpha value is -0.850. The van der Waals surface area contributed by atoms with Gasteiger partial charge in [-0.1, -0.05) is 37.9 Å². The first-order chi connectivity index (χ1) is 12.5. The fourth-order valence-electron chi connectivity index (χ4n) is 3.55. The van der Waals surface area contributed by atoms with Crippen LogP contribution >= 0.6 is 11.8 Å². The summed E-state index contributed by atoms with van der Waals surface area (Å²) in [5.41, 5.74) is 1.21. The van der Waals surface area contributed by atoms with Crippen LogP contribution in [0.1, 0.15) is 57.9 Å². The molecular formula is C20H37N5S. The number of rotatable bonds is 10. The van der Waals surface area contributed by atoms with Gasteiger partial charge in [-0.05, 0) is 52.6 Å². The van der Waals surface area contributed by atoms with Crippen LogP contribution in [0.5, 0.6) is 0 Å².